The van der Waals surface area contributed by atoms with Crippen molar-refractivity contribution in [2.24, 2.45) is 0 Å². The summed E-state index contributed by atoms with van der Waals surface area (Å²) in [6, 6.07) is 15.1. The highest BCUT2D eigenvalue weighted by Gasteiger charge is 2.13. The summed E-state index contributed by atoms with van der Waals surface area (Å²) < 4.78 is 26.5. The highest BCUT2D eigenvalue weighted by Crippen LogP contribution is 2.25. The first-order valence-electron chi connectivity index (χ1n) is 8.49. The number of benzene rings is 2. The van der Waals surface area contributed by atoms with Crippen molar-refractivity contribution in [2.45, 2.75) is 31.6 Å². The van der Waals surface area contributed by atoms with E-state index in [4.69, 9.17) is 0 Å². The average molecular weight is 393 g/mol. The van der Waals surface area contributed by atoms with Crippen LogP contribution in [0.1, 0.15) is 25.3 Å². The number of amides is 1. The van der Waals surface area contributed by atoms with E-state index < -0.39 is 10.0 Å². The molecule has 26 heavy (non-hydrogen) atoms. The molecule has 0 spiro atoms. The first kappa shape index (κ1) is 20.3. The van der Waals surface area contributed by atoms with Crippen LogP contribution in [0.5, 0.6) is 0 Å². The molecular weight excluding hydrogens is 368 g/mol. The fraction of sp³-hybridized carbons (Fsp3) is 0.316. The van der Waals surface area contributed by atoms with Crippen molar-refractivity contribution in [2.75, 3.05) is 21.5 Å². The molecule has 0 saturated carbocycles. The van der Waals surface area contributed by atoms with Crippen molar-refractivity contribution in [1.29, 1.82) is 0 Å². The Balaban J connectivity index is 1.94. The van der Waals surface area contributed by atoms with Crippen LogP contribution in [0.2, 0.25) is 0 Å². The predicted molar refractivity (Wildman–Crippen MR) is 109 cm³/mol. The van der Waals surface area contributed by atoms with E-state index in [1.165, 1.54) is 0 Å². The van der Waals surface area contributed by atoms with Crippen LogP contribution < -0.4 is 10.0 Å². The number of hydrogen-bond acceptors (Lipinski definition) is 4. The maximum Gasteiger partial charge on any atom is 0.232 e. The second-order valence-electron chi connectivity index (χ2n) is 5.86. The van der Waals surface area contributed by atoms with Crippen molar-refractivity contribution in [1.82, 2.24) is 0 Å². The Morgan fingerprint density at radius 3 is 2.42 bits per heavy atom. The lowest BCUT2D eigenvalue weighted by Gasteiger charge is -2.14. The number of thioether (sulfide) groups is 1. The molecule has 140 valence electrons. The highest BCUT2D eigenvalue weighted by molar-refractivity contribution is 7.99. The number of rotatable bonds is 9. The lowest BCUT2D eigenvalue weighted by Crippen LogP contribution is -2.18. The van der Waals surface area contributed by atoms with Crippen molar-refractivity contribution in [3.05, 3.63) is 54.1 Å². The zero-order valence-corrected chi connectivity index (χ0v) is 16.6. The van der Waals surface area contributed by atoms with Gasteiger partial charge in [-0.1, -0.05) is 31.2 Å². The van der Waals surface area contributed by atoms with Crippen LogP contribution in [-0.2, 0) is 14.8 Å². The van der Waals surface area contributed by atoms with Crippen molar-refractivity contribution in [3.63, 3.8) is 0 Å². The van der Waals surface area contributed by atoms with Crippen LogP contribution in [-0.4, -0.2) is 25.8 Å². The van der Waals surface area contributed by atoms with Crippen LogP contribution in [0.15, 0.2) is 53.4 Å². The van der Waals surface area contributed by atoms with Gasteiger partial charge in [-0.25, -0.2) is 8.42 Å². The predicted octanol–water partition coefficient (Wildman–Crippen LogP) is 4.27. The molecule has 0 atom stereocenters. The van der Waals surface area contributed by atoms with Gasteiger partial charge in [-0.2, -0.15) is 0 Å². The Morgan fingerprint density at radius 2 is 1.73 bits per heavy atom. The van der Waals surface area contributed by atoms with E-state index in [0.29, 0.717) is 35.5 Å². The van der Waals surface area contributed by atoms with Crippen LogP contribution >= 0.6 is 11.8 Å². The van der Waals surface area contributed by atoms with Gasteiger partial charge in [0.1, 0.15) is 0 Å². The molecule has 2 aromatic rings. The van der Waals surface area contributed by atoms with Gasteiger partial charge in [0.15, 0.2) is 0 Å². The third kappa shape index (κ3) is 6.38. The summed E-state index contributed by atoms with van der Waals surface area (Å²) in [7, 11) is -3.36. The van der Waals surface area contributed by atoms with Gasteiger partial charge < -0.3 is 5.32 Å². The van der Waals surface area contributed by atoms with Gasteiger partial charge in [-0.3, -0.25) is 9.52 Å². The van der Waals surface area contributed by atoms with Crippen LogP contribution in [0, 0.1) is 6.92 Å². The van der Waals surface area contributed by atoms with Gasteiger partial charge in [-0.15, -0.1) is 11.8 Å². The summed E-state index contributed by atoms with van der Waals surface area (Å²) >= 11 is 1.63. The molecule has 2 N–H and O–H groups in total. The van der Waals surface area contributed by atoms with Crippen LogP contribution in [0.4, 0.5) is 11.4 Å². The molecule has 0 aliphatic rings. The Kier molecular flexibility index (Phi) is 7.53. The summed E-state index contributed by atoms with van der Waals surface area (Å²) in [5.41, 5.74) is 1.82. The standard InChI is InChI=1S/C19H24N2O3S2/c1-3-14-26(23,24)21-18-11-7-10-17(15(18)2)20-19(22)12-13-25-16-8-5-4-6-9-16/h4-11,21H,3,12-14H2,1-2H3,(H,20,22). The van der Waals surface area contributed by atoms with Crippen molar-refractivity contribution >= 4 is 39.1 Å². The van der Waals surface area contributed by atoms with Crippen molar-refractivity contribution in [3.8, 4) is 0 Å². The van der Waals surface area contributed by atoms with Gasteiger partial charge in [0.05, 0.1) is 11.4 Å². The normalized spacial score (nSPS) is 11.2. The van der Waals surface area contributed by atoms with Crippen LogP contribution in [0.25, 0.3) is 0 Å². The molecule has 0 bridgehead atoms. The molecule has 2 rings (SSSR count). The van der Waals surface area contributed by atoms with E-state index in [1.54, 1.807) is 36.9 Å². The van der Waals surface area contributed by atoms with Crippen molar-refractivity contribution < 1.29 is 13.2 Å². The fourth-order valence-corrected chi connectivity index (χ4v) is 4.43. The second kappa shape index (κ2) is 9.64. The third-order valence-electron chi connectivity index (χ3n) is 3.69. The van der Waals surface area contributed by atoms with E-state index in [2.05, 4.69) is 10.0 Å². The van der Waals surface area contributed by atoms with E-state index >= 15 is 0 Å². The summed E-state index contributed by atoms with van der Waals surface area (Å²) in [6.07, 6.45) is 0.925. The summed E-state index contributed by atoms with van der Waals surface area (Å²) in [4.78, 5) is 13.3. The van der Waals surface area contributed by atoms with Gasteiger partial charge in [-0.05, 0) is 43.2 Å². The highest BCUT2D eigenvalue weighted by atomic mass is 32.2. The first-order chi connectivity index (χ1) is 12.4. The smallest absolute Gasteiger partial charge is 0.232 e. The zero-order valence-electron chi connectivity index (χ0n) is 15.0. The summed E-state index contributed by atoms with van der Waals surface area (Å²) in [5.74, 6) is 0.655. The molecule has 0 aliphatic heterocycles. The Morgan fingerprint density at radius 1 is 1.04 bits per heavy atom. The topological polar surface area (TPSA) is 75.3 Å². The fourth-order valence-electron chi connectivity index (χ4n) is 2.36. The van der Waals surface area contributed by atoms with Gasteiger partial charge in [0, 0.05) is 22.8 Å². The lowest BCUT2D eigenvalue weighted by molar-refractivity contribution is -0.115. The second-order valence-corrected chi connectivity index (χ2v) is 8.87. The van der Waals surface area contributed by atoms with E-state index in [1.807, 2.05) is 37.3 Å². The maximum atomic E-state index is 12.2. The maximum absolute atomic E-state index is 12.2. The Labute approximate surface area is 159 Å². The lowest BCUT2D eigenvalue weighted by atomic mass is 10.1. The minimum atomic E-state index is -3.36. The first-order valence-corrected chi connectivity index (χ1v) is 11.1. The molecule has 0 aromatic heterocycles. The number of carbonyl (C=O) groups is 1. The third-order valence-corrected chi connectivity index (χ3v) is 6.18. The molecule has 5 nitrogen and oxygen atoms in total. The number of hydrogen-bond donors (Lipinski definition) is 2. The molecule has 2 aromatic carbocycles. The molecule has 0 heterocycles. The quantitative estimate of drug-likeness (QED) is 0.625. The molecule has 7 heteroatoms. The molecule has 0 unspecified atom stereocenters. The molecule has 0 fully saturated rings. The largest absolute Gasteiger partial charge is 0.326 e. The van der Waals surface area contributed by atoms with Crippen LogP contribution in [0.3, 0.4) is 0 Å². The van der Waals surface area contributed by atoms with Gasteiger partial charge >= 0.3 is 0 Å². The Bertz CT molecular complexity index is 837. The number of nitrogens with one attached hydrogen (secondary N) is 2. The molecule has 0 aliphatic carbocycles. The summed E-state index contributed by atoms with van der Waals surface area (Å²) in [6.45, 7) is 3.61. The number of carbonyl (C=O) groups excluding carboxylic acids is 1. The van der Waals surface area contributed by atoms with Gasteiger partial charge in [0.25, 0.3) is 0 Å². The van der Waals surface area contributed by atoms with E-state index in [9.17, 15) is 13.2 Å². The number of anilines is 2. The number of sulfonamides is 1. The minimum Gasteiger partial charge on any atom is -0.326 e. The minimum absolute atomic E-state index is 0.0692. The SMILES string of the molecule is CCCS(=O)(=O)Nc1cccc(NC(=O)CCSc2ccccc2)c1C. The van der Waals surface area contributed by atoms with E-state index in [-0.39, 0.29) is 11.7 Å². The van der Waals surface area contributed by atoms with E-state index in [0.717, 1.165) is 4.90 Å². The molecule has 0 radical (unpaired) electrons. The molecule has 0 saturated heterocycles. The molecule has 1 amide bonds. The zero-order chi connectivity index (χ0) is 19.0. The average Bonchev–Trinajstić information content (AvgIpc) is 2.59. The van der Waals surface area contributed by atoms with Gasteiger partial charge in [0.2, 0.25) is 15.9 Å². The monoisotopic (exact) mass is 392 g/mol. The summed E-state index contributed by atoms with van der Waals surface area (Å²) in [5, 5.41) is 2.87. The molecular formula is C19H24N2O3S2. The Hall–Kier alpha value is -1.99.